The number of nitrogens with zero attached hydrogens (tertiary/aromatic N) is 1. The summed E-state index contributed by atoms with van der Waals surface area (Å²) >= 11 is 1.06. The summed E-state index contributed by atoms with van der Waals surface area (Å²) < 4.78 is 13.2. The third-order valence-electron chi connectivity index (χ3n) is 2.47. The molecule has 2 N–H and O–H groups in total. The van der Waals surface area contributed by atoms with Crippen LogP contribution in [0.25, 0.3) is 0 Å². The fourth-order valence-electron chi connectivity index (χ4n) is 1.52. The van der Waals surface area contributed by atoms with E-state index in [-0.39, 0.29) is 11.5 Å². The summed E-state index contributed by atoms with van der Waals surface area (Å²) in [7, 11) is 1.49. The Kier molecular flexibility index (Phi) is 6.49. The van der Waals surface area contributed by atoms with Crippen LogP contribution in [-0.2, 0) is 21.0 Å². The van der Waals surface area contributed by atoms with Crippen molar-refractivity contribution in [3.63, 3.8) is 0 Å². The van der Waals surface area contributed by atoms with Gasteiger partial charge in [0, 0.05) is 11.8 Å². The van der Waals surface area contributed by atoms with Crippen LogP contribution in [-0.4, -0.2) is 23.5 Å². The van der Waals surface area contributed by atoms with Crippen LogP contribution in [0.4, 0.5) is 5.69 Å². The zero-order chi connectivity index (χ0) is 15.0. The molecule has 0 aliphatic carbocycles. The Morgan fingerprint density at radius 1 is 1.10 bits per heavy atom. The van der Waals surface area contributed by atoms with E-state index in [2.05, 4.69) is 4.99 Å². The molecule has 2 aromatic carbocycles. The molecule has 0 radical (unpaired) electrons. The summed E-state index contributed by atoms with van der Waals surface area (Å²) in [5.41, 5.74) is 0.970. The molecule has 0 saturated carbocycles. The second-order valence-corrected chi connectivity index (χ2v) is 3.65. The second-order valence-electron chi connectivity index (χ2n) is 3.65. The topological polar surface area (TPSA) is 79.1 Å². The Morgan fingerprint density at radius 2 is 1.80 bits per heavy atom. The third kappa shape index (κ3) is 3.95. The number of methoxy groups -OCH3 is 1. The second kappa shape index (κ2) is 8.14. The van der Waals surface area contributed by atoms with Gasteiger partial charge in [-0.1, -0.05) is 18.2 Å². The summed E-state index contributed by atoms with van der Waals surface area (Å²) in [6.45, 7) is 0. The molecule has 0 unspecified atom stereocenters. The van der Waals surface area contributed by atoms with Crippen LogP contribution in [0.1, 0.15) is 5.56 Å². The molecule has 2 aromatic rings. The molecule has 0 heterocycles. The van der Waals surface area contributed by atoms with Crippen LogP contribution in [0, 0.1) is 0 Å². The van der Waals surface area contributed by atoms with Gasteiger partial charge in [0.05, 0.1) is 7.11 Å². The van der Waals surface area contributed by atoms with E-state index in [4.69, 9.17) is 8.41 Å². The van der Waals surface area contributed by atoms with E-state index < -0.39 is 0 Å². The Labute approximate surface area is 125 Å². The van der Waals surface area contributed by atoms with Gasteiger partial charge in [-0.15, -0.1) is 0 Å². The average Bonchev–Trinajstić information content (AvgIpc) is 2.50. The molecule has 5 nitrogen and oxygen atoms in total. The van der Waals surface area contributed by atoms with Crippen molar-refractivity contribution in [2.75, 3.05) is 7.11 Å². The molecule has 6 heteroatoms. The monoisotopic (exact) mass is 310 g/mol. The van der Waals surface area contributed by atoms with Crippen molar-refractivity contribution < 1.29 is 36.0 Å². The minimum atomic E-state index is 0.0270. The first-order valence-electron chi connectivity index (χ1n) is 5.58. The minimum absolute atomic E-state index is 0.0270. The van der Waals surface area contributed by atoms with Crippen molar-refractivity contribution in [1.29, 1.82) is 0 Å². The Morgan fingerprint density at radius 3 is 2.45 bits per heavy atom. The van der Waals surface area contributed by atoms with E-state index in [1.54, 1.807) is 42.5 Å². The molecule has 0 amide bonds. The number of aliphatic imine (C=N–C) groups is 1. The van der Waals surface area contributed by atoms with Gasteiger partial charge in [-0.05, 0) is 24.3 Å². The SMILES string of the molecule is COc1cccc(C=Nc2ccccc2O)c1O.[O]=[V]. The van der Waals surface area contributed by atoms with E-state index in [1.165, 1.54) is 13.3 Å². The van der Waals surface area contributed by atoms with Crippen molar-refractivity contribution >= 4 is 11.9 Å². The molecule has 0 aliphatic heterocycles. The van der Waals surface area contributed by atoms with Gasteiger partial charge in [0.2, 0.25) is 0 Å². The van der Waals surface area contributed by atoms with Crippen molar-refractivity contribution in [3.8, 4) is 17.2 Å². The average molecular weight is 310 g/mol. The zero-order valence-corrected chi connectivity index (χ0v) is 12.1. The van der Waals surface area contributed by atoms with E-state index in [1.807, 2.05) is 0 Å². The number of ether oxygens (including phenoxy) is 1. The van der Waals surface area contributed by atoms with Crippen molar-refractivity contribution in [1.82, 2.24) is 0 Å². The number of hydrogen-bond acceptors (Lipinski definition) is 5. The molecule has 0 bridgehead atoms. The molecular formula is C14H13NO4V. The van der Waals surface area contributed by atoms with Gasteiger partial charge in [-0.2, -0.15) is 0 Å². The standard InChI is InChI=1S/C14H13NO3.O.V/c1-18-13-8-4-5-10(14(13)17)9-15-11-6-2-3-7-12(11)16;;/h2-9,16-17H,1H3;;. The molecule has 0 aliphatic rings. The van der Waals surface area contributed by atoms with Crippen LogP contribution < -0.4 is 4.74 Å². The van der Waals surface area contributed by atoms with E-state index in [0.29, 0.717) is 17.0 Å². The van der Waals surface area contributed by atoms with Crippen molar-refractivity contribution in [2.45, 2.75) is 0 Å². The summed E-state index contributed by atoms with van der Waals surface area (Å²) in [5.74, 6) is 0.506. The number of rotatable bonds is 3. The number of phenols is 2. The van der Waals surface area contributed by atoms with Gasteiger partial charge in [0.15, 0.2) is 11.5 Å². The van der Waals surface area contributed by atoms with Crippen LogP contribution in [0.3, 0.4) is 0 Å². The third-order valence-corrected chi connectivity index (χ3v) is 2.47. The summed E-state index contributed by atoms with van der Waals surface area (Å²) in [4.78, 5) is 4.12. The fraction of sp³-hybridized carbons (Fsp3) is 0.0714. The van der Waals surface area contributed by atoms with Gasteiger partial charge in [0.25, 0.3) is 0 Å². The van der Waals surface area contributed by atoms with Crippen LogP contribution in [0.5, 0.6) is 17.2 Å². The summed E-state index contributed by atoms with van der Waals surface area (Å²) in [5, 5.41) is 19.4. The number of hydrogen-bond donors (Lipinski definition) is 2. The normalized spacial score (nSPS) is 9.80. The van der Waals surface area contributed by atoms with Crippen LogP contribution in [0.2, 0.25) is 0 Å². The van der Waals surface area contributed by atoms with E-state index in [0.717, 1.165) is 17.4 Å². The molecule has 0 fully saturated rings. The molecular weight excluding hydrogens is 297 g/mol. The van der Waals surface area contributed by atoms with Crippen molar-refractivity contribution in [2.24, 2.45) is 4.99 Å². The van der Waals surface area contributed by atoms with Crippen molar-refractivity contribution in [3.05, 3.63) is 48.0 Å². The Hall–Kier alpha value is -2.11. The molecule has 103 valence electrons. The maximum atomic E-state index is 9.86. The van der Waals surface area contributed by atoms with Gasteiger partial charge in [0.1, 0.15) is 11.4 Å². The summed E-state index contributed by atoms with van der Waals surface area (Å²) in [6.07, 6.45) is 1.48. The van der Waals surface area contributed by atoms with Gasteiger partial charge in [-0.3, -0.25) is 4.99 Å². The number of aromatic hydroxyl groups is 2. The van der Waals surface area contributed by atoms with Crippen LogP contribution >= 0.6 is 0 Å². The maximum absolute atomic E-state index is 9.86. The zero-order valence-electron chi connectivity index (χ0n) is 10.7. The first kappa shape index (κ1) is 16.0. The van der Waals surface area contributed by atoms with Crippen LogP contribution in [0.15, 0.2) is 47.5 Å². The van der Waals surface area contributed by atoms with E-state index >= 15 is 0 Å². The molecule has 0 spiro atoms. The van der Waals surface area contributed by atoms with Gasteiger partial charge >= 0.3 is 21.0 Å². The Bertz CT molecular complexity index is 601. The predicted octanol–water partition coefficient (Wildman–Crippen LogP) is 2.74. The van der Waals surface area contributed by atoms with E-state index in [9.17, 15) is 10.2 Å². The molecule has 0 aromatic heterocycles. The fourth-order valence-corrected chi connectivity index (χ4v) is 1.52. The molecule has 20 heavy (non-hydrogen) atoms. The first-order chi connectivity index (χ1) is 9.72. The Balaban J connectivity index is 0.000000956. The number of phenolic OH excluding ortho intramolecular Hbond substituents is 2. The molecule has 0 atom stereocenters. The molecule has 2 rings (SSSR count). The summed E-state index contributed by atoms with van der Waals surface area (Å²) in [6, 6.07) is 11.9. The van der Waals surface area contributed by atoms with Gasteiger partial charge in [-0.25, -0.2) is 0 Å². The van der Waals surface area contributed by atoms with Gasteiger partial charge < -0.3 is 14.9 Å². The quantitative estimate of drug-likeness (QED) is 0.854. The molecule has 0 saturated heterocycles. The first-order valence-corrected chi connectivity index (χ1v) is 6.15. The predicted molar refractivity (Wildman–Crippen MR) is 70.7 cm³/mol. The number of benzene rings is 2. The number of para-hydroxylation sites is 3.